The summed E-state index contributed by atoms with van der Waals surface area (Å²) in [5, 5.41) is 0. The van der Waals surface area contributed by atoms with Crippen molar-refractivity contribution in [2.45, 2.75) is 39.5 Å². The van der Waals surface area contributed by atoms with E-state index in [0.717, 1.165) is 19.3 Å². The normalized spacial score (nSPS) is 10.4. The molecule has 0 aliphatic heterocycles. The van der Waals surface area contributed by atoms with Crippen molar-refractivity contribution in [1.29, 1.82) is 0 Å². The van der Waals surface area contributed by atoms with Crippen LogP contribution in [0.4, 0.5) is 0 Å². The molecule has 0 rings (SSSR count). The van der Waals surface area contributed by atoms with E-state index in [1.54, 1.807) is 19.9 Å². The van der Waals surface area contributed by atoms with Crippen molar-refractivity contribution < 1.29 is 14.3 Å². The van der Waals surface area contributed by atoms with E-state index >= 15 is 0 Å². The molecule has 0 aromatic rings. The standard InChI is InChI=1S/C11H18O3/c1-3-14-11(13)9-7-5-4-6-8-10(2)12/h7,9H,3-6,8H2,1-2H3. The maximum atomic E-state index is 10.8. The van der Waals surface area contributed by atoms with Gasteiger partial charge in [-0.2, -0.15) is 0 Å². The number of hydrogen-bond donors (Lipinski definition) is 0. The smallest absolute Gasteiger partial charge is 0.330 e. The molecule has 0 fully saturated rings. The van der Waals surface area contributed by atoms with Crippen molar-refractivity contribution >= 4 is 11.8 Å². The molecule has 0 bridgehead atoms. The van der Waals surface area contributed by atoms with E-state index in [2.05, 4.69) is 0 Å². The molecular weight excluding hydrogens is 180 g/mol. The van der Waals surface area contributed by atoms with Gasteiger partial charge in [-0.25, -0.2) is 4.79 Å². The van der Waals surface area contributed by atoms with Crippen molar-refractivity contribution in [3.05, 3.63) is 12.2 Å². The van der Waals surface area contributed by atoms with E-state index in [1.807, 2.05) is 0 Å². The maximum absolute atomic E-state index is 10.8. The summed E-state index contributed by atoms with van der Waals surface area (Å²) in [6.07, 6.45) is 6.52. The van der Waals surface area contributed by atoms with Gasteiger partial charge in [-0.3, -0.25) is 0 Å². The van der Waals surface area contributed by atoms with Crippen LogP contribution in [-0.2, 0) is 14.3 Å². The monoisotopic (exact) mass is 198 g/mol. The van der Waals surface area contributed by atoms with Gasteiger partial charge in [0, 0.05) is 12.5 Å². The van der Waals surface area contributed by atoms with E-state index in [0.29, 0.717) is 13.0 Å². The number of ketones is 1. The molecule has 0 aromatic carbocycles. The number of ether oxygens (including phenoxy) is 1. The lowest BCUT2D eigenvalue weighted by atomic mass is 10.1. The van der Waals surface area contributed by atoms with Crippen molar-refractivity contribution in [3.63, 3.8) is 0 Å². The predicted molar refractivity (Wildman–Crippen MR) is 54.9 cm³/mol. The average Bonchev–Trinajstić information content (AvgIpc) is 2.11. The van der Waals surface area contributed by atoms with Gasteiger partial charge in [0.1, 0.15) is 5.78 Å². The first-order chi connectivity index (χ1) is 6.66. The van der Waals surface area contributed by atoms with Gasteiger partial charge in [0.25, 0.3) is 0 Å². The first-order valence-corrected chi connectivity index (χ1v) is 4.99. The number of rotatable bonds is 7. The minimum atomic E-state index is -0.293. The molecule has 0 radical (unpaired) electrons. The lowest BCUT2D eigenvalue weighted by Gasteiger charge is -1.95. The Morgan fingerprint density at radius 3 is 2.57 bits per heavy atom. The highest BCUT2D eigenvalue weighted by Gasteiger charge is 1.94. The van der Waals surface area contributed by atoms with Crippen LogP contribution >= 0.6 is 0 Å². The summed E-state index contributed by atoms with van der Waals surface area (Å²) in [4.78, 5) is 21.4. The SMILES string of the molecule is CCOC(=O)C=CCCCCC(C)=O. The largest absolute Gasteiger partial charge is 0.463 e. The molecule has 3 nitrogen and oxygen atoms in total. The molecule has 0 spiro atoms. The van der Waals surface area contributed by atoms with Crippen LogP contribution < -0.4 is 0 Å². The fourth-order valence-corrected chi connectivity index (χ4v) is 1.01. The highest BCUT2D eigenvalue weighted by molar-refractivity contribution is 5.81. The first kappa shape index (κ1) is 12.9. The summed E-state index contributed by atoms with van der Waals surface area (Å²) in [5.41, 5.74) is 0. The van der Waals surface area contributed by atoms with Crippen LogP contribution in [0.15, 0.2) is 12.2 Å². The van der Waals surface area contributed by atoms with Crippen LogP contribution in [0.3, 0.4) is 0 Å². The predicted octanol–water partition coefficient (Wildman–Crippen LogP) is 2.26. The molecule has 3 heteroatoms. The average molecular weight is 198 g/mol. The number of carbonyl (C=O) groups is 2. The molecule has 0 N–H and O–H groups in total. The second-order valence-corrected chi connectivity index (χ2v) is 3.10. The minimum Gasteiger partial charge on any atom is -0.463 e. The molecule has 0 aliphatic carbocycles. The van der Waals surface area contributed by atoms with Crippen molar-refractivity contribution in [1.82, 2.24) is 0 Å². The Hall–Kier alpha value is -1.12. The molecule has 0 unspecified atom stereocenters. The van der Waals surface area contributed by atoms with Crippen LogP contribution in [0.5, 0.6) is 0 Å². The summed E-state index contributed by atoms with van der Waals surface area (Å²) in [5.74, 6) is -0.0709. The summed E-state index contributed by atoms with van der Waals surface area (Å²) in [6, 6.07) is 0. The van der Waals surface area contributed by atoms with Crippen LogP contribution in [0, 0.1) is 0 Å². The number of hydrogen-bond acceptors (Lipinski definition) is 3. The maximum Gasteiger partial charge on any atom is 0.330 e. The third-order valence-corrected chi connectivity index (χ3v) is 1.69. The molecule has 0 aliphatic rings. The highest BCUT2D eigenvalue weighted by atomic mass is 16.5. The van der Waals surface area contributed by atoms with Gasteiger partial charge in [0.05, 0.1) is 6.61 Å². The lowest BCUT2D eigenvalue weighted by molar-refractivity contribution is -0.137. The minimum absolute atomic E-state index is 0.222. The van der Waals surface area contributed by atoms with E-state index in [9.17, 15) is 9.59 Å². The fraction of sp³-hybridized carbons (Fsp3) is 0.636. The third-order valence-electron chi connectivity index (χ3n) is 1.69. The number of unbranched alkanes of at least 4 members (excludes halogenated alkanes) is 2. The topological polar surface area (TPSA) is 43.4 Å². The summed E-state index contributed by atoms with van der Waals surface area (Å²) >= 11 is 0. The Morgan fingerprint density at radius 1 is 1.29 bits per heavy atom. The van der Waals surface area contributed by atoms with E-state index in [-0.39, 0.29) is 11.8 Å². The van der Waals surface area contributed by atoms with E-state index < -0.39 is 0 Å². The third kappa shape index (κ3) is 8.97. The number of Topliss-reactive ketones (excluding diaryl/α,β-unsaturated/α-hetero) is 1. The lowest BCUT2D eigenvalue weighted by Crippen LogP contribution is -1.98. The Kier molecular flexibility index (Phi) is 7.80. The van der Waals surface area contributed by atoms with Gasteiger partial charge >= 0.3 is 5.97 Å². The molecule has 0 saturated carbocycles. The van der Waals surface area contributed by atoms with Gasteiger partial charge in [-0.05, 0) is 33.1 Å². The number of esters is 1. The molecule has 80 valence electrons. The van der Waals surface area contributed by atoms with Crippen molar-refractivity contribution in [2.75, 3.05) is 6.61 Å². The Labute approximate surface area is 85.1 Å². The number of carbonyl (C=O) groups excluding carboxylic acids is 2. The quantitative estimate of drug-likeness (QED) is 0.358. The van der Waals surface area contributed by atoms with Crippen molar-refractivity contribution in [3.8, 4) is 0 Å². The highest BCUT2D eigenvalue weighted by Crippen LogP contribution is 2.01. The van der Waals surface area contributed by atoms with E-state index in [1.165, 1.54) is 6.08 Å². The van der Waals surface area contributed by atoms with Gasteiger partial charge in [0.15, 0.2) is 0 Å². The van der Waals surface area contributed by atoms with Gasteiger partial charge in [-0.1, -0.05) is 6.08 Å². The zero-order valence-electron chi connectivity index (χ0n) is 8.91. The molecule has 0 aromatic heterocycles. The molecular formula is C11H18O3. The zero-order valence-corrected chi connectivity index (χ0v) is 8.91. The zero-order chi connectivity index (χ0) is 10.8. The van der Waals surface area contributed by atoms with Gasteiger partial charge in [-0.15, -0.1) is 0 Å². The van der Waals surface area contributed by atoms with Gasteiger partial charge in [0.2, 0.25) is 0 Å². The van der Waals surface area contributed by atoms with Crippen LogP contribution in [-0.4, -0.2) is 18.4 Å². The van der Waals surface area contributed by atoms with Crippen molar-refractivity contribution in [2.24, 2.45) is 0 Å². The summed E-state index contributed by atoms with van der Waals surface area (Å²) < 4.78 is 4.71. The second-order valence-electron chi connectivity index (χ2n) is 3.10. The molecule has 14 heavy (non-hydrogen) atoms. The Bertz CT molecular complexity index is 207. The fourth-order valence-electron chi connectivity index (χ4n) is 1.01. The Morgan fingerprint density at radius 2 is 2.00 bits per heavy atom. The summed E-state index contributed by atoms with van der Waals surface area (Å²) in [6.45, 7) is 3.78. The van der Waals surface area contributed by atoms with Crippen LogP contribution in [0.25, 0.3) is 0 Å². The van der Waals surface area contributed by atoms with Crippen LogP contribution in [0.1, 0.15) is 39.5 Å². The van der Waals surface area contributed by atoms with E-state index in [4.69, 9.17) is 4.74 Å². The van der Waals surface area contributed by atoms with Gasteiger partial charge < -0.3 is 9.53 Å². The second kappa shape index (κ2) is 8.48. The number of allylic oxidation sites excluding steroid dienone is 1. The molecule has 0 heterocycles. The summed E-state index contributed by atoms with van der Waals surface area (Å²) in [7, 11) is 0. The molecule has 0 atom stereocenters. The Balaban J connectivity index is 3.35. The molecule has 0 amide bonds. The molecule has 0 saturated heterocycles. The first-order valence-electron chi connectivity index (χ1n) is 4.99. The van der Waals surface area contributed by atoms with Crippen LogP contribution in [0.2, 0.25) is 0 Å².